The maximum atomic E-state index is 4.21. The number of aryl methyl sites for hydroxylation is 2. The summed E-state index contributed by atoms with van der Waals surface area (Å²) in [5.74, 6) is 0.921. The molecule has 4 nitrogen and oxygen atoms in total. The summed E-state index contributed by atoms with van der Waals surface area (Å²) < 4.78 is 4.50. The average molecular weight is 290 g/mol. The van der Waals surface area contributed by atoms with Crippen LogP contribution in [-0.2, 0) is 0 Å². The smallest absolute Gasteiger partial charge is 0.161 e. The van der Waals surface area contributed by atoms with Crippen LogP contribution in [0.25, 0.3) is 16.7 Å². The van der Waals surface area contributed by atoms with Crippen molar-refractivity contribution in [2.75, 3.05) is 0 Å². The second kappa shape index (κ2) is 4.70. The average Bonchev–Trinajstić information content (AvgIpc) is 3.07. The van der Waals surface area contributed by atoms with Crippen LogP contribution in [0.15, 0.2) is 48.5 Å². The minimum absolute atomic E-state index is 0.285. The Balaban J connectivity index is 2.00. The van der Waals surface area contributed by atoms with Crippen molar-refractivity contribution in [1.29, 1.82) is 0 Å². The Morgan fingerprint density at radius 1 is 0.909 bits per heavy atom. The molecule has 0 aliphatic heterocycles. The Labute approximate surface area is 129 Å². The first-order chi connectivity index (χ1) is 10.7. The number of aromatic nitrogens is 4. The van der Waals surface area contributed by atoms with Gasteiger partial charge in [0.15, 0.2) is 5.65 Å². The van der Waals surface area contributed by atoms with Crippen LogP contribution in [0.1, 0.15) is 30.0 Å². The Hall–Kier alpha value is -2.62. The Morgan fingerprint density at radius 2 is 1.68 bits per heavy atom. The van der Waals surface area contributed by atoms with Crippen molar-refractivity contribution < 1.29 is 0 Å². The highest BCUT2D eigenvalue weighted by Crippen LogP contribution is 2.28. The lowest BCUT2D eigenvalue weighted by Crippen LogP contribution is -2.08. The van der Waals surface area contributed by atoms with Crippen molar-refractivity contribution in [1.82, 2.24) is 19.2 Å². The molecule has 110 valence electrons. The number of hydrogen-bond donors (Lipinski definition) is 0. The topological polar surface area (TPSA) is 35.1 Å². The summed E-state index contributed by atoms with van der Waals surface area (Å²) in [6, 6.07) is 17.3. The molecule has 4 aromatic rings. The predicted molar refractivity (Wildman–Crippen MR) is 88.2 cm³/mol. The highest BCUT2D eigenvalue weighted by atomic mass is 15.2. The van der Waals surface area contributed by atoms with Crippen LogP contribution in [0.3, 0.4) is 0 Å². The first kappa shape index (κ1) is 13.1. The van der Waals surface area contributed by atoms with E-state index in [0.29, 0.717) is 0 Å². The molecule has 3 heterocycles. The fourth-order valence-electron chi connectivity index (χ4n) is 3.33. The molecule has 0 N–H and O–H groups in total. The number of rotatable bonds is 2. The number of pyridine rings is 1. The van der Waals surface area contributed by atoms with Gasteiger partial charge >= 0.3 is 0 Å². The Morgan fingerprint density at radius 3 is 2.45 bits per heavy atom. The van der Waals surface area contributed by atoms with Gasteiger partial charge in [-0.2, -0.15) is 0 Å². The van der Waals surface area contributed by atoms with Gasteiger partial charge in [-0.1, -0.05) is 30.3 Å². The lowest BCUT2D eigenvalue weighted by molar-refractivity contribution is 0.646. The number of benzene rings is 1. The van der Waals surface area contributed by atoms with Gasteiger partial charge in [-0.3, -0.25) is 4.40 Å². The van der Waals surface area contributed by atoms with Crippen LogP contribution in [0, 0.1) is 13.8 Å². The van der Waals surface area contributed by atoms with E-state index in [4.69, 9.17) is 0 Å². The van der Waals surface area contributed by atoms with Gasteiger partial charge in [0.1, 0.15) is 5.82 Å². The normalized spacial score (nSPS) is 13.0. The van der Waals surface area contributed by atoms with Gasteiger partial charge < -0.3 is 4.57 Å². The molecular formula is C18H18N4. The summed E-state index contributed by atoms with van der Waals surface area (Å²) >= 11 is 0. The maximum absolute atomic E-state index is 4.21. The summed E-state index contributed by atoms with van der Waals surface area (Å²) in [6.07, 6.45) is 0. The van der Waals surface area contributed by atoms with Crippen LogP contribution in [0.5, 0.6) is 0 Å². The second-order valence-electron chi connectivity index (χ2n) is 5.79. The first-order valence-corrected chi connectivity index (χ1v) is 7.54. The van der Waals surface area contributed by atoms with Crippen LogP contribution >= 0.6 is 0 Å². The van der Waals surface area contributed by atoms with Crippen LogP contribution in [0.2, 0.25) is 0 Å². The number of hydrogen-bond acceptors (Lipinski definition) is 2. The number of nitrogens with zero attached hydrogens (tertiary/aromatic N) is 4. The molecule has 0 aliphatic carbocycles. The highest BCUT2D eigenvalue weighted by Gasteiger charge is 2.16. The van der Waals surface area contributed by atoms with E-state index in [1.54, 1.807) is 0 Å². The molecule has 0 amide bonds. The zero-order valence-electron chi connectivity index (χ0n) is 13.0. The molecular weight excluding hydrogens is 272 g/mol. The third-order valence-corrected chi connectivity index (χ3v) is 4.40. The van der Waals surface area contributed by atoms with Crippen molar-refractivity contribution in [3.63, 3.8) is 0 Å². The van der Waals surface area contributed by atoms with Crippen molar-refractivity contribution in [3.8, 4) is 0 Å². The molecule has 0 radical (unpaired) electrons. The lowest BCUT2D eigenvalue weighted by atomic mass is 10.1. The summed E-state index contributed by atoms with van der Waals surface area (Å²) in [6.45, 7) is 6.39. The van der Waals surface area contributed by atoms with Crippen molar-refractivity contribution in [2.45, 2.75) is 26.8 Å². The largest absolute Gasteiger partial charge is 0.336 e. The lowest BCUT2D eigenvalue weighted by Gasteiger charge is -2.18. The zero-order chi connectivity index (χ0) is 15.3. The highest BCUT2D eigenvalue weighted by molar-refractivity contribution is 5.81. The molecule has 1 atom stereocenters. The summed E-state index contributed by atoms with van der Waals surface area (Å²) in [7, 11) is 0. The molecule has 0 saturated carbocycles. The Bertz CT molecular complexity index is 963. The predicted octanol–water partition coefficient (Wildman–Crippen LogP) is 3.91. The molecule has 0 spiro atoms. The molecule has 22 heavy (non-hydrogen) atoms. The zero-order valence-corrected chi connectivity index (χ0v) is 13.0. The quantitative estimate of drug-likeness (QED) is 0.561. The Kier molecular flexibility index (Phi) is 2.79. The molecule has 0 unspecified atom stereocenters. The van der Waals surface area contributed by atoms with Gasteiger partial charge in [-0.25, -0.2) is 0 Å². The van der Waals surface area contributed by atoms with Crippen LogP contribution in [-0.4, -0.2) is 19.2 Å². The van der Waals surface area contributed by atoms with Gasteiger partial charge in [0.2, 0.25) is 0 Å². The summed E-state index contributed by atoms with van der Waals surface area (Å²) in [5.41, 5.74) is 5.83. The third kappa shape index (κ3) is 1.77. The van der Waals surface area contributed by atoms with E-state index in [0.717, 1.165) is 11.5 Å². The monoisotopic (exact) mass is 290 g/mol. The molecule has 1 aromatic carbocycles. The van der Waals surface area contributed by atoms with E-state index in [-0.39, 0.29) is 6.04 Å². The molecule has 4 rings (SSSR count). The van der Waals surface area contributed by atoms with Gasteiger partial charge in [0.25, 0.3) is 0 Å². The van der Waals surface area contributed by atoms with Gasteiger partial charge in [0.05, 0.1) is 17.1 Å². The molecule has 0 saturated heterocycles. The van der Waals surface area contributed by atoms with Crippen LogP contribution in [0.4, 0.5) is 0 Å². The fraction of sp³-hybridized carbons (Fsp3) is 0.222. The second-order valence-corrected chi connectivity index (χ2v) is 5.79. The molecule has 0 bridgehead atoms. The first-order valence-electron chi connectivity index (χ1n) is 7.54. The molecule has 4 heteroatoms. The molecule has 0 fully saturated rings. The van der Waals surface area contributed by atoms with E-state index in [2.05, 4.69) is 75.5 Å². The number of fused-ring (bicyclic) bond motifs is 3. The minimum atomic E-state index is 0.285. The van der Waals surface area contributed by atoms with Gasteiger partial charge in [-0.15, -0.1) is 10.2 Å². The van der Waals surface area contributed by atoms with Crippen molar-refractivity contribution in [2.24, 2.45) is 0 Å². The van der Waals surface area contributed by atoms with Crippen LogP contribution < -0.4 is 0 Å². The molecule has 3 aromatic heterocycles. The minimum Gasteiger partial charge on any atom is -0.336 e. The van der Waals surface area contributed by atoms with E-state index >= 15 is 0 Å². The van der Waals surface area contributed by atoms with Gasteiger partial charge in [0, 0.05) is 5.69 Å². The van der Waals surface area contributed by atoms with E-state index in [9.17, 15) is 0 Å². The molecule has 0 aliphatic rings. The standard InChI is InChI=1S/C18H18N4/c1-12-11-17-16(9-10-18-20-19-14(3)22(17)18)21(12)13(2)15-7-5-4-6-8-15/h4-11,13H,1-3H3/t13-/m1/s1. The fourth-order valence-corrected chi connectivity index (χ4v) is 3.33. The third-order valence-electron chi connectivity index (χ3n) is 4.40. The van der Waals surface area contributed by atoms with E-state index < -0.39 is 0 Å². The van der Waals surface area contributed by atoms with E-state index in [1.807, 2.05) is 13.0 Å². The SMILES string of the molecule is Cc1cc2c(ccc3nnc(C)n32)n1[C@H](C)c1ccccc1. The summed E-state index contributed by atoms with van der Waals surface area (Å²) in [4.78, 5) is 0. The van der Waals surface area contributed by atoms with Crippen molar-refractivity contribution in [3.05, 3.63) is 65.6 Å². The maximum Gasteiger partial charge on any atom is 0.161 e. The van der Waals surface area contributed by atoms with Gasteiger partial charge in [-0.05, 0) is 44.5 Å². The van der Waals surface area contributed by atoms with Crippen molar-refractivity contribution >= 4 is 16.7 Å². The summed E-state index contributed by atoms with van der Waals surface area (Å²) in [5, 5.41) is 8.41. The van der Waals surface area contributed by atoms with E-state index in [1.165, 1.54) is 22.3 Å².